The van der Waals surface area contributed by atoms with Crippen molar-refractivity contribution in [1.29, 1.82) is 0 Å². The summed E-state index contributed by atoms with van der Waals surface area (Å²) in [5.74, 6) is 2.48. The molecule has 112 valence electrons. The van der Waals surface area contributed by atoms with Crippen molar-refractivity contribution in [1.82, 2.24) is 15.5 Å². The zero-order valence-electron chi connectivity index (χ0n) is 13.2. The highest BCUT2D eigenvalue weighted by molar-refractivity contribution is 5.79. The molecule has 4 heteroatoms. The third kappa shape index (κ3) is 7.41. The van der Waals surface area contributed by atoms with Crippen molar-refractivity contribution in [3.63, 3.8) is 0 Å². The fourth-order valence-electron chi connectivity index (χ4n) is 2.36. The largest absolute Gasteiger partial charge is 0.357 e. The third-order valence-corrected chi connectivity index (χ3v) is 3.64. The monoisotopic (exact) mass is 268 g/mol. The summed E-state index contributed by atoms with van der Waals surface area (Å²) in [5, 5.41) is 6.77. The Labute approximate surface area is 119 Å². The molecule has 0 aliphatic carbocycles. The summed E-state index contributed by atoms with van der Waals surface area (Å²) in [6, 6.07) is 0. The molecule has 0 radical (unpaired) electrons. The average molecular weight is 268 g/mol. The van der Waals surface area contributed by atoms with E-state index in [0.29, 0.717) is 5.92 Å². The molecule has 1 saturated heterocycles. The Morgan fingerprint density at radius 1 is 1.26 bits per heavy atom. The van der Waals surface area contributed by atoms with E-state index >= 15 is 0 Å². The van der Waals surface area contributed by atoms with Crippen molar-refractivity contribution in [2.24, 2.45) is 16.8 Å². The SMILES string of the molecule is CCNC(=NCC(C)C)NCCC1CCN(C)CC1. The molecule has 0 aromatic rings. The van der Waals surface area contributed by atoms with Gasteiger partial charge in [-0.05, 0) is 58.2 Å². The van der Waals surface area contributed by atoms with Crippen molar-refractivity contribution in [2.45, 2.75) is 40.0 Å². The van der Waals surface area contributed by atoms with E-state index in [1.807, 2.05) is 0 Å². The van der Waals surface area contributed by atoms with E-state index < -0.39 is 0 Å². The summed E-state index contributed by atoms with van der Waals surface area (Å²) in [6.07, 6.45) is 3.95. The van der Waals surface area contributed by atoms with Crippen molar-refractivity contribution in [2.75, 3.05) is 39.8 Å². The lowest BCUT2D eigenvalue weighted by molar-refractivity contribution is 0.213. The number of aliphatic imine (C=N–C) groups is 1. The molecule has 1 aliphatic rings. The molecule has 19 heavy (non-hydrogen) atoms. The Balaban J connectivity index is 2.22. The molecule has 4 nitrogen and oxygen atoms in total. The first-order valence-electron chi connectivity index (χ1n) is 7.82. The summed E-state index contributed by atoms with van der Waals surface area (Å²) < 4.78 is 0. The maximum Gasteiger partial charge on any atom is 0.191 e. The van der Waals surface area contributed by atoms with Gasteiger partial charge in [0.1, 0.15) is 0 Å². The van der Waals surface area contributed by atoms with E-state index in [0.717, 1.165) is 31.5 Å². The molecular weight excluding hydrogens is 236 g/mol. The fraction of sp³-hybridized carbons (Fsp3) is 0.933. The van der Waals surface area contributed by atoms with E-state index in [9.17, 15) is 0 Å². The predicted molar refractivity (Wildman–Crippen MR) is 83.7 cm³/mol. The zero-order valence-corrected chi connectivity index (χ0v) is 13.2. The Morgan fingerprint density at radius 3 is 2.53 bits per heavy atom. The molecule has 0 bridgehead atoms. The van der Waals surface area contributed by atoms with Crippen LogP contribution in [0.15, 0.2) is 4.99 Å². The van der Waals surface area contributed by atoms with Crippen LogP contribution in [0.25, 0.3) is 0 Å². The molecule has 1 rings (SSSR count). The van der Waals surface area contributed by atoms with E-state index in [4.69, 9.17) is 0 Å². The van der Waals surface area contributed by atoms with Crippen LogP contribution >= 0.6 is 0 Å². The number of hydrogen-bond acceptors (Lipinski definition) is 2. The lowest BCUT2D eigenvalue weighted by Crippen LogP contribution is -2.39. The first kappa shape index (κ1) is 16.3. The van der Waals surface area contributed by atoms with Gasteiger partial charge in [0.25, 0.3) is 0 Å². The van der Waals surface area contributed by atoms with Gasteiger partial charge in [-0.1, -0.05) is 13.8 Å². The maximum atomic E-state index is 4.59. The molecule has 0 spiro atoms. The first-order valence-corrected chi connectivity index (χ1v) is 7.82. The number of likely N-dealkylation sites (tertiary alicyclic amines) is 1. The van der Waals surface area contributed by atoms with Gasteiger partial charge in [-0.2, -0.15) is 0 Å². The van der Waals surface area contributed by atoms with Crippen LogP contribution in [0, 0.1) is 11.8 Å². The van der Waals surface area contributed by atoms with Gasteiger partial charge in [0.15, 0.2) is 5.96 Å². The fourth-order valence-corrected chi connectivity index (χ4v) is 2.36. The summed E-state index contributed by atoms with van der Waals surface area (Å²) in [6.45, 7) is 11.9. The van der Waals surface area contributed by atoms with Gasteiger partial charge in [0.2, 0.25) is 0 Å². The predicted octanol–water partition coefficient (Wildman–Crippen LogP) is 1.93. The molecule has 1 aliphatic heterocycles. The molecular formula is C15H32N4. The normalized spacial score (nSPS) is 18.9. The van der Waals surface area contributed by atoms with Gasteiger partial charge in [-0.3, -0.25) is 4.99 Å². The van der Waals surface area contributed by atoms with Gasteiger partial charge >= 0.3 is 0 Å². The Kier molecular flexibility index (Phi) is 7.87. The molecule has 0 unspecified atom stereocenters. The minimum absolute atomic E-state index is 0.615. The van der Waals surface area contributed by atoms with Crippen LogP contribution in [0.4, 0.5) is 0 Å². The number of nitrogens with zero attached hydrogens (tertiary/aromatic N) is 2. The minimum Gasteiger partial charge on any atom is -0.357 e. The van der Waals surface area contributed by atoms with Crippen LogP contribution in [-0.4, -0.2) is 50.6 Å². The average Bonchev–Trinajstić information content (AvgIpc) is 2.38. The first-order chi connectivity index (χ1) is 9.11. The minimum atomic E-state index is 0.615. The Hall–Kier alpha value is -0.770. The standard InChI is InChI=1S/C15H32N4/c1-5-16-15(18-12-13(2)3)17-9-6-14-7-10-19(4)11-8-14/h13-14H,5-12H2,1-4H3,(H2,16,17,18). The number of hydrogen-bond donors (Lipinski definition) is 2. The van der Waals surface area contributed by atoms with Gasteiger partial charge in [0.05, 0.1) is 0 Å². The van der Waals surface area contributed by atoms with Crippen molar-refractivity contribution in [3.05, 3.63) is 0 Å². The molecule has 0 atom stereocenters. The van der Waals surface area contributed by atoms with Crippen LogP contribution in [0.3, 0.4) is 0 Å². The Morgan fingerprint density at radius 2 is 1.95 bits per heavy atom. The topological polar surface area (TPSA) is 39.7 Å². The number of rotatable bonds is 6. The molecule has 0 amide bonds. The highest BCUT2D eigenvalue weighted by atomic mass is 15.2. The van der Waals surface area contributed by atoms with Crippen LogP contribution in [-0.2, 0) is 0 Å². The maximum absolute atomic E-state index is 4.59. The summed E-state index contributed by atoms with van der Waals surface area (Å²) >= 11 is 0. The van der Waals surface area contributed by atoms with Crippen LogP contribution < -0.4 is 10.6 Å². The van der Waals surface area contributed by atoms with Gasteiger partial charge in [-0.25, -0.2) is 0 Å². The van der Waals surface area contributed by atoms with E-state index in [1.54, 1.807) is 0 Å². The van der Waals surface area contributed by atoms with Crippen molar-refractivity contribution < 1.29 is 0 Å². The molecule has 1 heterocycles. The van der Waals surface area contributed by atoms with Crippen molar-refractivity contribution >= 4 is 5.96 Å². The lowest BCUT2D eigenvalue weighted by Gasteiger charge is -2.29. The second-order valence-electron chi connectivity index (χ2n) is 6.08. The molecule has 2 N–H and O–H groups in total. The van der Waals surface area contributed by atoms with E-state index in [-0.39, 0.29) is 0 Å². The van der Waals surface area contributed by atoms with Crippen molar-refractivity contribution in [3.8, 4) is 0 Å². The van der Waals surface area contributed by atoms with Crippen LogP contribution in [0.5, 0.6) is 0 Å². The molecule has 1 fully saturated rings. The summed E-state index contributed by atoms with van der Waals surface area (Å²) in [7, 11) is 2.22. The summed E-state index contributed by atoms with van der Waals surface area (Å²) in [4.78, 5) is 7.02. The Bertz CT molecular complexity index is 255. The molecule has 0 aromatic carbocycles. The molecule has 0 aromatic heterocycles. The molecule has 0 saturated carbocycles. The smallest absolute Gasteiger partial charge is 0.191 e. The number of nitrogens with one attached hydrogen (secondary N) is 2. The lowest BCUT2D eigenvalue weighted by atomic mass is 9.94. The zero-order chi connectivity index (χ0) is 14.1. The van der Waals surface area contributed by atoms with Crippen LogP contribution in [0.2, 0.25) is 0 Å². The number of piperidine rings is 1. The van der Waals surface area contributed by atoms with Gasteiger partial charge in [-0.15, -0.1) is 0 Å². The highest BCUT2D eigenvalue weighted by Crippen LogP contribution is 2.18. The highest BCUT2D eigenvalue weighted by Gasteiger charge is 2.16. The third-order valence-electron chi connectivity index (χ3n) is 3.64. The van der Waals surface area contributed by atoms with E-state index in [1.165, 1.54) is 32.4 Å². The summed E-state index contributed by atoms with van der Waals surface area (Å²) in [5.41, 5.74) is 0. The van der Waals surface area contributed by atoms with Gasteiger partial charge in [0, 0.05) is 19.6 Å². The quantitative estimate of drug-likeness (QED) is 0.571. The van der Waals surface area contributed by atoms with Gasteiger partial charge < -0.3 is 15.5 Å². The second kappa shape index (κ2) is 9.18. The van der Waals surface area contributed by atoms with E-state index in [2.05, 4.69) is 48.3 Å². The second-order valence-corrected chi connectivity index (χ2v) is 6.08. The number of guanidine groups is 1. The van der Waals surface area contributed by atoms with Crippen LogP contribution in [0.1, 0.15) is 40.0 Å².